The van der Waals surface area contributed by atoms with Crippen LogP contribution in [0.4, 0.5) is 0 Å². The molecule has 0 aromatic rings. The fourth-order valence-electron chi connectivity index (χ4n) is 5.21. The second kappa shape index (κ2) is 6.88. The number of aliphatic hydroxyl groups is 2. The summed E-state index contributed by atoms with van der Waals surface area (Å²) in [5.41, 5.74) is 3.35. The largest absolute Gasteiger partial charge is 0.396 e. The standard InChI is InChI=1S/C20H34O2/c1-15(10-13-21)8-11-20(4)17(14-22)9-12-19(3)16(2)6-5-7-18(19)20/h6,10,17-18,21-22H,5,7-9,11-14H2,1-4H3. The number of rotatable bonds is 5. The van der Waals surface area contributed by atoms with Gasteiger partial charge in [-0.15, -0.1) is 0 Å². The van der Waals surface area contributed by atoms with Crippen molar-refractivity contribution in [2.24, 2.45) is 22.7 Å². The number of fused-ring (bicyclic) bond motifs is 1. The highest BCUT2D eigenvalue weighted by Gasteiger charge is 2.53. The van der Waals surface area contributed by atoms with Crippen LogP contribution in [-0.2, 0) is 0 Å². The molecule has 0 radical (unpaired) electrons. The van der Waals surface area contributed by atoms with Crippen molar-refractivity contribution in [3.05, 3.63) is 23.3 Å². The summed E-state index contributed by atoms with van der Waals surface area (Å²) in [6, 6.07) is 0. The third kappa shape index (κ3) is 3.05. The average molecular weight is 306 g/mol. The number of aliphatic hydroxyl groups excluding tert-OH is 2. The van der Waals surface area contributed by atoms with E-state index < -0.39 is 0 Å². The minimum absolute atomic E-state index is 0.134. The molecule has 0 heterocycles. The molecule has 2 N–H and O–H groups in total. The first kappa shape index (κ1) is 17.7. The highest BCUT2D eigenvalue weighted by atomic mass is 16.3. The molecule has 2 nitrogen and oxygen atoms in total. The molecule has 4 unspecified atom stereocenters. The predicted molar refractivity (Wildman–Crippen MR) is 92.6 cm³/mol. The lowest BCUT2D eigenvalue weighted by molar-refractivity contribution is -0.0712. The number of hydrogen-bond acceptors (Lipinski definition) is 2. The molecule has 2 heteroatoms. The Labute approximate surface area is 136 Å². The summed E-state index contributed by atoms with van der Waals surface area (Å²) in [7, 11) is 0. The summed E-state index contributed by atoms with van der Waals surface area (Å²) in [5, 5.41) is 19.0. The fourth-order valence-corrected chi connectivity index (χ4v) is 5.21. The van der Waals surface area contributed by atoms with Crippen LogP contribution in [0.15, 0.2) is 23.3 Å². The molecule has 0 spiro atoms. The summed E-state index contributed by atoms with van der Waals surface area (Å²) in [6.45, 7) is 9.74. The predicted octanol–water partition coefficient (Wildman–Crippen LogP) is 4.48. The van der Waals surface area contributed by atoms with Crippen LogP contribution in [0.2, 0.25) is 0 Å². The number of allylic oxidation sites excluding steroid dienone is 3. The lowest BCUT2D eigenvalue weighted by atomic mass is 9.46. The molecule has 0 bridgehead atoms. The van der Waals surface area contributed by atoms with E-state index in [9.17, 15) is 5.11 Å². The van der Waals surface area contributed by atoms with Gasteiger partial charge < -0.3 is 10.2 Å². The van der Waals surface area contributed by atoms with Gasteiger partial charge in [-0.3, -0.25) is 0 Å². The minimum atomic E-state index is 0.134. The molecular formula is C20H34O2. The van der Waals surface area contributed by atoms with Gasteiger partial charge in [0.1, 0.15) is 0 Å². The Kier molecular flexibility index (Phi) is 5.55. The van der Waals surface area contributed by atoms with Gasteiger partial charge in [-0.05, 0) is 75.0 Å². The van der Waals surface area contributed by atoms with Crippen molar-refractivity contribution < 1.29 is 10.2 Å². The normalized spacial score (nSPS) is 39.4. The van der Waals surface area contributed by atoms with Crippen LogP contribution in [0, 0.1) is 22.7 Å². The molecule has 22 heavy (non-hydrogen) atoms. The maximum Gasteiger partial charge on any atom is 0.0614 e. The minimum Gasteiger partial charge on any atom is -0.396 e. The molecule has 0 aromatic heterocycles. The first-order chi connectivity index (χ1) is 10.4. The van der Waals surface area contributed by atoms with Gasteiger partial charge in [-0.2, -0.15) is 0 Å². The highest BCUT2D eigenvalue weighted by Crippen LogP contribution is 2.61. The van der Waals surface area contributed by atoms with Gasteiger partial charge in [0.05, 0.1) is 6.61 Å². The van der Waals surface area contributed by atoms with Crippen molar-refractivity contribution in [2.75, 3.05) is 13.2 Å². The lowest BCUT2D eigenvalue weighted by Gasteiger charge is -2.58. The Balaban J connectivity index is 2.27. The molecule has 2 aliphatic rings. The van der Waals surface area contributed by atoms with E-state index >= 15 is 0 Å². The van der Waals surface area contributed by atoms with Crippen molar-refractivity contribution in [3.63, 3.8) is 0 Å². The third-order valence-corrected chi connectivity index (χ3v) is 7.03. The molecule has 0 aromatic carbocycles. The topological polar surface area (TPSA) is 40.5 Å². The lowest BCUT2D eigenvalue weighted by Crippen LogP contribution is -2.51. The molecule has 2 aliphatic carbocycles. The van der Waals surface area contributed by atoms with E-state index in [-0.39, 0.29) is 12.0 Å². The van der Waals surface area contributed by atoms with Crippen LogP contribution in [0.25, 0.3) is 0 Å². The van der Waals surface area contributed by atoms with Gasteiger partial charge in [0.15, 0.2) is 0 Å². The van der Waals surface area contributed by atoms with Crippen LogP contribution in [-0.4, -0.2) is 23.4 Å². The van der Waals surface area contributed by atoms with Crippen LogP contribution in [0.1, 0.15) is 66.2 Å². The van der Waals surface area contributed by atoms with E-state index in [0.29, 0.717) is 23.9 Å². The van der Waals surface area contributed by atoms with E-state index in [1.807, 2.05) is 6.08 Å². The van der Waals surface area contributed by atoms with Crippen molar-refractivity contribution >= 4 is 0 Å². The SMILES string of the molecule is CC(=CCO)CCC1(C)C(CO)CCC2(C)C(C)=CCCC21. The highest BCUT2D eigenvalue weighted by molar-refractivity contribution is 5.21. The molecule has 0 amide bonds. The molecular weight excluding hydrogens is 272 g/mol. The molecule has 1 fully saturated rings. The van der Waals surface area contributed by atoms with E-state index in [1.54, 1.807) is 5.57 Å². The van der Waals surface area contributed by atoms with Gasteiger partial charge in [0.25, 0.3) is 0 Å². The first-order valence-electron chi connectivity index (χ1n) is 8.93. The van der Waals surface area contributed by atoms with Crippen molar-refractivity contribution in [1.82, 2.24) is 0 Å². The van der Waals surface area contributed by atoms with Crippen LogP contribution in [0.5, 0.6) is 0 Å². The fraction of sp³-hybridized carbons (Fsp3) is 0.800. The van der Waals surface area contributed by atoms with Gasteiger partial charge in [-0.1, -0.05) is 37.1 Å². The molecule has 126 valence electrons. The Hall–Kier alpha value is -0.600. The second-order valence-corrected chi connectivity index (χ2v) is 8.09. The number of hydrogen-bond donors (Lipinski definition) is 2. The summed E-state index contributed by atoms with van der Waals surface area (Å²) in [5.74, 6) is 1.08. The summed E-state index contributed by atoms with van der Waals surface area (Å²) in [6.07, 6.45) is 11.3. The summed E-state index contributed by atoms with van der Waals surface area (Å²) >= 11 is 0. The van der Waals surface area contributed by atoms with Crippen molar-refractivity contribution in [1.29, 1.82) is 0 Å². The summed E-state index contributed by atoms with van der Waals surface area (Å²) < 4.78 is 0. The van der Waals surface area contributed by atoms with Gasteiger partial charge in [0.2, 0.25) is 0 Å². The second-order valence-electron chi connectivity index (χ2n) is 8.09. The zero-order chi connectivity index (χ0) is 16.4. The van der Waals surface area contributed by atoms with Gasteiger partial charge >= 0.3 is 0 Å². The van der Waals surface area contributed by atoms with E-state index in [4.69, 9.17) is 5.11 Å². The molecule has 4 atom stereocenters. The van der Waals surface area contributed by atoms with Gasteiger partial charge in [-0.25, -0.2) is 0 Å². The van der Waals surface area contributed by atoms with Crippen molar-refractivity contribution in [2.45, 2.75) is 66.2 Å². The van der Waals surface area contributed by atoms with Crippen molar-refractivity contribution in [3.8, 4) is 0 Å². The zero-order valence-electron chi connectivity index (χ0n) is 14.9. The summed E-state index contributed by atoms with van der Waals surface area (Å²) in [4.78, 5) is 0. The smallest absolute Gasteiger partial charge is 0.0614 e. The average Bonchev–Trinajstić information content (AvgIpc) is 2.48. The van der Waals surface area contributed by atoms with E-state index in [1.165, 1.54) is 24.8 Å². The quantitative estimate of drug-likeness (QED) is 0.735. The Morgan fingerprint density at radius 2 is 2.05 bits per heavy atom. The van der Waals surface area contributed by atoms with E-state index in [2.05, 4.69) is 33.8 Å². The van der Waals surface area contributed by atoms with Crippen LogP contribution < -0.4 is 0 Å². The Morgan fingerprint density at radius 3 is 2.68 bits per heavy atom. The van der Waals surface area contributed by atoms with Crippen LogP contribution in [0.3, 0.4) is 0 Å². The van der Waals surface area contributed by atoms with E-state index in [0.717, 1.165) is 19.3 Å². The molecule has 2 rings (SSSR count). The third-order valence-electron chi connectivity index (χ3n) is 7.03. The molecule has 1 saturated carbocycles. The van der Waals surface area contributed by atoms with Crippen LogP contribution >= 0.6 is 0 Å². The maximum atomic E-state index is 9.97. The zero-order valence-corrected chi connectivity index (χ0v) is 14.9. The van der Waals surface area contributed by atoms with Gasteiger partial charge in [0, 0.05) is 6.61 Å². The maximum absolute atomic E-state index is 9.97. The first-order valence-corrected chi connectivity index (χ1v) is 8.93. The Bertz CT molecular complexity index is 451. The molecule has 0 saturated heterocycles. The molecule has 0 aliphatic heterocycles. The monoisotopic (exact) mass is 306 g/mol. The Morgan fingerprint density at radius 1 is 1.32 bits per heavy atom.